The van der Waals surface area contributed by atoms with E-state index >= 15 is 0 Å². The topological polar surface area (TPSA) is 39.9 Å². The van der Waals surface area contributed by atoms with E-state index in [1.807, 2.05) is 13.0 Å². The molecule has 25 heavy (non-hydrogen) atoms. The van der Waals surface area contributed by atoms with Crippen LogP contribution >= 0.6 is 0 Å². The molecule has 1 aromatic heterocycles. The summed E-state index contributed by atoms with van der Waals surface area (Å²) in [4.78, 5) is 5.01. The number of benzene rings is 1. The number of aliphatic hydroxyl groups is 1. The fraction of sp³-hybridized carbons (Fsp3) is 0.524. The van der Waals surface area contributed by atoms with Crippen LogP contribution in [-0.2, 0) is 13.0 Å². The largest absolute Gasteiger partial charge is 0.465 e. The molecule has 1 atom stereocenters. The van der Waals surface area contributed by atoms with E-state index in [1.165, 1.54) is 12.0 Å². The van der Waals surface area contributed by atoms with E-state index in [-0.39, 0.29) is 6.61 Å². The zero-order chi connectivity index (χ0) is 17.5. The van der Waals surface area contributed by atoms with Crippen LogP contribution in [0.3, 0.4) is 0 Å². The lowest BCUT2D eigenvalue weighted by Crippen LogP contribution is -2.53. The number of aliphatic hydroxyl groups excluding tert-OH is 1. The Bertz CT molecular complexity index is 626. The minimum Gasteiger partial charge on any atom is -0.465 e. The fourth-order valence-corrected chi connectivity index (χ4v) is 3.74. The van der Waals surface area contributed by atoms with Crippen molar-refractivity contribution < 1.29 is 9.52 Å². The van der Waals surface area contributed by atoms with E-state index in [4.69, 9.17) is 4.42 Å². The third kappa shape index (κ3) is 5.43. The Morgan fingerprint density at radius 1 is 1.12 bits per heavy atom. The van der Waals surface area contributed by atoms with E-state index in [9.17, 15) is 5.11 Å². The van der Waals surface area contributed by atoms with Gasteiger partial charge in [0, 0.05) is 32.3 Å². The van der Waals surface area contributed by atoms with Crippen LogP contribution in [0.5, 0.6) is 0 Å². The number of hydrogen-bond acceptors (Lipinski definition) is 4. The second kappa shape index (κ2) is 9.18. The van der Waals surface area contributed by atoms with Gasteiger partial charge in [0.1, 0.15) is 11.5 Å². The lowest BCUT2D eigenvalue weighted by molar-refractivity contribution is 0.0513. The molecule has 1 fully saturated rings. The standard InChI is InChI=1S/C21H30N2O2/c1-18-9-10-21(25-18)17-22-13-14-23(20(16-22)11-15-24)12-5-8-19-6-3-2-4-7-19/h2-4,6-7,9-10,20,24H,5,8,11-17H2,1H3/t20-/m1/s1. The number of piperazine rings is 1. The van der Waals surface area contributed by atoms with E-state index in [2.05, 4.69) is 46.2 Å². The average Bonchev–Trinajstić information content (AvgIpc) is 3.03. The first kappa shape index (κ1) is 18.2. The molecular weight excluding hydrogens is 312 g/mol. The molecule has 2 aromatic rings. The van der Waals surface area contributed by atoms with Gasteiger partial charge in [0.2, 0.25) is 0 Å². The van der Waals surface area contributed by atoms with Crippen LogP contribution in [0, 0.1) is 6.92 Å². The summed E-state index contributed by atoms with van der Waals surface area (Å²) in [6.07, 6.45) is 3.14. The van der Waals surface area contributed by atoms with E-state index in [0.717, 1.165) is 57.1 Å². The highest BCUT2D eigenvalue weighted by atomic mass is 16.3. The van der Waals surface area contributed by atoms with E-state index < -0.39 is 0 Å². The van der Waals surface area contributed by atoms with Crippen molar-refractivity contribution in [1.82, 2.24) is 9.80 Å². The Morgan fingerprint density at radius 3 is 2.68 bits per heavy atom. The summed E-state index contributed by atoms with van der Waals surface area (Å²) in [5, 5.41) is 9.46. The van der Waals surface area contributed by atoms with Gasteiger partial charge in [-0.15, -0.1) is 0 Å². The van der Waals surface area contributed by atoms with Gasteiger partial charge in [-0.2, -0.15) is 0 Å². The van der Waals surface area contributed by atoms with Crippen molar-refractivity contribution in [1.29, 1.82) is 0 Å². The summed E-state index contributed by atoms with van der Waals surface area (Å²) in [6, 6.07) is 15.2. The molecule has 1 N–H and O–H groups in total. The van der Waals surface area contributed by atoms with Crippen molar-refractivity contribution in [3.8, 4) is 0 Å². The van der Waals surface area contributed by atoms with Gasteiger partial charge in [0.25, 0.3) is 0 Å². The maximum atomic E-state index is 9.46. The van der Waals surface area contributed by atoms with Crippen molar-refractivity contribution in [2.75, 3.05) is 32.8 Å². The molecule has 1 aliphatic rings. The van der Waals surface area contributed by atoms with Crippen LogP contribution < -0.4 is 0 Å². The maximum Gasteiger partial charge on any atom is 0.118 e. The molecule has 0 saturated carbocycles. The van der Waals surface area contributed by atoms with Gasteiger partial charge in [-0.05, 0) is 50.4 Å². The molecule has 0 radical (unpaired) electrons. The van der Waals surface area contributed by atoms with Gasteiger partial charge in [0.15, 0.2) is 0 Å². The van der Waals surface area contributed by atoms with E-state index in [1.54, 1.807) is 0 Å². The molecule has 4 nitrogen and oxygen atoms in total. The summed E-state index contributed by atoms with van der Waals surface area (Å²) in [5.41, 5.74) is 1.41. The predicted octanol–water partition coefficient (Wildman–Crippen LogP) is 3.09. The smallest absolute Gasteiger partial charge is 0.118 e. The number of hydrogen-bond donors (Lipinski definition) is 1. The SMILES string of the molecule is Cc1ccc(CN2CCN(CCCc3ccccc3)[C@H](CCO)C2)o1. The van der Waals surface area contributed by atoms with Crippen LogP contribution in [0.4, 0.5) is 0 Å². The van der Waals surface area contributed by atoms with Gasteiger partial charge in [0.05, 0.1) is 6.54 Å². The van der Waals surface area contributed by atoms with Crippen LogP contribution in [-0.4, -0.2) is 53.7 Å². The molecule has 3 rings (SSSR count). The predicted molar refractivity (Wildman–Crippen MR) is 101 cm³/mol. The van der Waals surface area contributed by atoms with Crippen LogP contribution in [0.25, 0.3) is 0 Å². The molecule has 1 aromatic carbocycles. The van der Waals surface area contributed by atoms with Gasteiger partial charge in [-0.1, -0.05) is 30.3 Å². The normalized spacial score (nSPS) is 19.4. The Balaban J connectivity index is 1.49. The lowest BCUT2D eigenvalue weighted by Gasteiger charge is -2.41. The first-order chi connectivity index (χ1) is 12.2. The highest BCUT2D eigenvalue weighted by Gasteiger charge is 2.26. The third-order valence-corrected chi connectivity index (χ3v) is 5.08. The number of rotatable bonds is 8. The highest BCUT2D eigenvalue weighted by molar-refractivity contribution is 5.14. The van der Waals surface area contributed by atoms with Crippen molar-refractivity contribution in [3.63, 3.8) is 0 Å². The lowest BCUT2D eigenvalue weighted by atomic mass is 10.1. The van der Waals surface area contributed by atoms with Crippen molar-refractivity contribution >= 4 is 0 Å². The second-order valence-electron chi connectivity index (χ2n) is 7.04. The number of nitrogens with zero attached hydrogens (tertiary/aromatic N) is 2. The second-order valence-corrected chi connectivity index (χ2v) is 7.04. The molecule has 2 heterocycles. The van der Waals surface area contributed by atoms with Crippen LogP contribution in [0.2, 0.25) is 0 Å². The van der Waals surface area contributed by atoms with Gasteiger partial charge in [-0.25, -0.2) is 0 Å². The summed E-state index contributed by atoms with van der Waals surface area (Å²) >= 11 is 0. The molecule has 4 heteroatoms. The molecule has 0 aliphatic carbocycles. The highest BCUT2D eigenvalue weighted by Crippen LogP contribution is 2.17. The maximum absolute atomic E-state index is 9.46. The quantitative estimate of drug-likeness (QED) is 0.800. The zero-order valence-electron chi connectivity index (χ0n) is 15.2. The summed E-state index contributed by atoms with van der Waals surface area (Å²) in [5.74, 6) is 2.01. The summed E-state index contributed by atoms with van der Waals surface area (Å²) < 4.78 is 5.72. The molecule has 1 saturated heterocycles. The van der Waals surface area contributed by atoms with Crippen molar-refractivity contribution in [2.45, 2.75) is 38.8 Å². The van der Waals surface area contributed by atoms with Crippen molar-refractivity contribution in [2.24, 2.45) is 0 Å². The fourth-order valence-electron chi connectivity index (χ4n) is 3.74. The van der Waals surface area contributed by atoms with Crippen LogP contribution in [0.1, 0.15) is 29.9 Å². The average molecular weight is 342 g/mol. The number of aryl methyl sites for hydroxylation is 2. The van der Waals surface area contributed by atoms with Gasteiger partial charge < -0.3 is 9.52 Å². The molecule has 0 unspecified atom stereocenters. The monoisotopic (exact) mass is 342 g/mol. The first-order valence-corrected chi connectivity index (χ1v) is 9.41. The zero-order valence-corrected chi connectivity index (χ0v) is 15.2. The Morgan fingerprint density at radius 2 is 1.96 bits per heavy atom. The molecular formula is C21H30N2O2. The summed E-state index contributed by atoms with van der Waals surface area (Å²) in [6.45, 7) is 7.36. The Hall–Kier alpha value is -1.62. The van der Waals surface area contributed by atoms with Crippen molar-refractivity contribution in [3.05, 3.63) is 59.5 Å². The minimum absolute atomic E-state index is 0.257. The molecule has 0 bridgehead atoms. The Labute approximate surface area is 151 Å². The summed E-state index contributed by atoms with van der Waals surface area (Å²) in [7, 11) is 0. The molecule has 0 amide bonds. The van der Waals surface area contributed by atoms with Gasteiger partial charge >= 0.3 is 0 Å². The van der Waals surface area contributed by atoms with Crippen LogP contribution in [0.15, 0.2) is 46.9 Å². The van der Waals surface area contributed by atoms with E-state index in [0.29, 0.717) is 6.04 Å². The first-order valence-electron chi connectivity index (χ1n) is 9.41. The number of furan rings is 1. The van der Waals surface area contributed by atoms with Gasteiger partial charge in [-0.3, -0.25) is 9.80 Å². The minimum atomic E-state index is 0.257. The Kier molecular flexibility index (Phi) is 6.68. The molecule has 0 spiro atoms. The molecule has 1 aliphatic heterocycles. The molecule has 136 valence electrons. The third-order valence-electron chi connectivity index (χ3n) is 5.08.